The van der Waals surface area contributed by atoms with Crippen LogP contribution in [0, 0.1) is 5.92 Å². The molecule has 0 fully saturated rings. The second-order valence-corrected chi connectivity index (χ2v) is 9.39. The summed E-state index contributed by atoms with van der Waals surface area (Å²) in [6.07, 6.45) is 0. The van der Waals surface area contributed by atoms with Crippen LogP contribution in [-0.2, 0) is 11.3 Å². The minimum Gasteiger partial charge on any atom is -0.426 e. The maximum Gasteiger partial charge on any atom is 0.308 e. The number of anilines is 1. The Balaban J connectivity index is 2.19. The molecule has 0 saturated heterocycles. The van der Waals surface area contributed by atoms with Gasteiger partial charge in [-0.2, -0.15) is 10.1 Å². The highest BCUT2D eigenvalue weighted by atomic mass is 16.5. The molecule has 3 rings (SSSR count). The second-order valence-electron chi connectivity index (χ2n) is 9.39. The number of carbonyl (C=O) groups excluding carboxylic acids is 1. The first kappa shape index (κ1) is 25.4. The minimum absolute atomic E-state index is 0.0591. The molecule has 0 spiro atoms. The summed E-state index contributed by atoms with van der Waals surface area (Å²) in [5, 5.41) is 21.1. The maximum atomic E-state index is 11.5. The molecule has 2 heterocycles. The number of H-pyrrole nitrogens is 1. The van der Waals surface area contributed by atoms with E-state index in [9.17, 15) is 9.90 Å². The number of para-hydroxylation sites is 1. The van der Waals surface area contributed by atoms with Gasteiger partial charge in [-0.05, 0) is 31.7 Å². The highest BCUT2D eigenvalue weighted by Crippen LogP contribution is 2.28. The topological polar surface area (TPSA) is 117 Å². The molecule has 184 valence electrons. The highest BCUT2D eigenvalue weighted by molar-refractivity contribution is 5.87. The van der Waals surface area contributed by atoms with Gasteiger partial charge in [0.25, 0.3) is 0 Å². The normalized spacial score (nSPS) is 13.3. The number of ether oxygens (including phenoxy) is 1. The summed E-state index contributed by atoms with van der Waals surface area (Å²) < 4.78 is 7.43. The van der Waals surface area contributed by atoms with Crippen molar-refractivity contribution in [3.63, 3.8) is 0 Å². The van der Waals surface area contributed by atoms with Crippen LogP contribution < -0.4 is 15.7 Å². The number of hydrogen-bond acceptors (Lipinski definition) is 7. The molecule has 0 aliphatic heterocycles. The van der Waals surface area contributed by atoms with Gasteiger partial charge in [0.1, 0.15) is 5.75 Å². The summed E-state index contributed by atoms with van der Waals surface area (Å²) >= 11 is 0. The van der Waals surface area contributed by atoms with E-state index >= 15 is 0 Å². The molecule has 9 nitrogen and oxygen atoms in total. The van der Waals surface area contributed by atoms with Gasteiger partial charge in [0.15, 0.2) is 11.3 Å². The third kappa shape index (κ3) is 5.47. The molecule has 0 aliphatic carbocycles. The Bertz CT molecular complexity index is 1210. The zero-order chi connectivity index (χ0) is 25.0. The van der Waals surface area contributed by atoms with Crippen LogP contribution in [0.15, 0.2) is 29.3 Å². The van der Waals surface area contributed by atoms with Crippen molar-refractivity contribution in [1.82, 2.24) is 19.7 Å². The van der Waals surface area contributed by atoms with Crippen molar-refractivity contribution >= 4 is 22.8 Å². The molecule has 0 amide bonds. The van der Waals surface area contributed by atoms with Crippen molar-refractivity contribution in [3.8, 4) is 5.75 Å². The number of aromatic nitrogens is 4. The number of carbonyl (C=O) groups is 1. The summed E-state index contributed by atoms with van der Waals surface area (Å²) in [5.41, 5.74) is 4.01. The van der Waals surface area contributed by atoms with Crippen LogP contribution in [0.3, 0.4) is 0 Å². The average Bonchev–Trinajstić information content (AvgIpc) is 3.21. The van der Waals surface area contributed by atoms with Crippen LogP contribution in [-0.4, -0.2) is 43.5 Å². The number of rotatable bonds is 9. The van der Waals surface area contributed by atoms with Crippen molar-refractivity contribution in [2.75, 3.05) is 11.9 Å². The van der Waals surface area contributed by atoms with Crippen molar-refractivity contribution in [2.45, 2.75) is 73.0 Å². The predicted molar refractivity (Wildman–Crippen MR) is 133 cm³/mol. The number of esters is 1. The Kier molecular flexibility index (Phi) is 8.09. The molecule has 3 N–H and O–H groups in total. The first-order chi connectivity index (χ1) is 16.1. The third-order valence-corrected chi connectivity index (χ3v) is 5.66. The molecule has 3 aromatic rings. The fourth-order valence-electron chi connectivity index (χ4n) is 3.80. The summed E-state index contributed by atoms with van der Waals surface area (Å²) in [7, 11) is 0. The molecule has 0 radical (unpaired) electrons. The van der Waals surface area contributed by atoms with Crippen LogP contribution in [0.5, 0.6) is 5.75 Å². The SMILES string of the molecule is CC(=O)Oc1ccccc1CNc1nc(=NC(CO)C(C)C)n(C(C)C)c2c(C(C)C)[nH]nc12. The smallest absolute Gasteiger partial charge is 0.308 e. The number of nitrogens with zero attached hydrogens (tertiary/aromatic N) is 4. The predicted octanol–water partition coefficient (Wildman–Crippen LogP) is 3.92. The van der Waals surface area contributed by atoms with Crippen LogP contribution in [0.4, 0.5) is 5.82 Å². The van der Waals surface area contributed by atoms with E-state index in [-0.39, 0.29) is 36.5 Å². The number of aliphatic hydroxyl groups excluding tert-OH is 1. The Morgan fingerprint density at radius 1 is 1.21 bits per heavy atom. The monoisotopic (exact) mass is 468 g/mol. The van der Waals surface area contributed by atoms with Gasteiger partial charge in [-0.1, -0.05) is 45.9 Å². The molecule has 0 aliphatic rings. The van der Waals surface area contributed by atoms with Gasteiger partial charge in [-0.3, -0.25) is 9.89 Å². The zero-order valence-electron chi connectivity index (χ0n) is 21.1. The van der Waals surface area contributed by atoms with Crippen molar-refractivity contribution in [1.29, 1.82) is 0 Å². The maximum absolute atomic E-state index is 11.5. The van der Waals surface area contributed by atoms with Gasteiger partial charge in [-0.15, -0.1) is 0 Å². The number of nitrogens with one attached hydrogen (secondary N) is 2. The first-order valence-electron chi connectivity index (χ1n) is 11.8. The van der Waals surface area contributed by atoms with Crippen LogP contribution in [0.2, 0.25) is 0 Å². The van der Waals surface area contributed by atoms with Gasteiger partial charge in [0.2, 0.25) is 5.62 Å². The van der Waals surface area contributed by atoms with Gasteiger partial charge in [0, 0.05) is 25.1 Å². The third-order valence-electron chi connectivity index (χ3n) is 5.66. The fraction of sp³-hybridized carbons (Fsp3) is 0.520. The van der Waals surface area contributed by atoms with E-state index in [4.69, 9.17) is 14.7 Å². The standard InChI is InChI=1S/C25H36N6O3/c1-14(2)19(13-32)27-25-28-24(26-12-18-10-8-9-11-20(18)34-17(7)33)22-23(31(25)16(5)6)21(15(3)4)29-30-22/h8-11,14-16,19,32H,12-13H2,1-7H3,(H,29,30)(H,26,27,28). The van der Waals surface area contributed by atoms with Crippen LogP contribution in [0.25, 0.3) is 11.0 Å². The lowest BCUT2D eigenvalue weighted by molar-refractivity contribution is -0.131. The second kappa shape index (κ2) is 10.8. The molecular formula is C25H36N6O3. The lowest BCUT2D eigenvalue weighted by atomic mass is 10.1. The number of aliphatic hydroxyl groups is 1. The fourth-order valence-corrected chi connectivity index (χ4v) is 3.80. The molecule has 0 saturated carbocycles. The Morgan fingerprint density at radius 2 is 1.91 bits per heavy atom. The molecule has 1 aromatic carbocycles. The van der Waals surface area contributed by atoms with Crippen molar-refractivity contribution in [3.05, 3.63) is 41.1 Å². The summed E-state index contributed by atoms with van der Waals surface area (Å²) in [5.74, 6) is 1.07. The summed E-state index contributed by atoms with van der Waals surface area (Å²) in [6.45, 7) is 14.2. The Labute approximate surface area is 200 Å². The van der Waals surface area contributed by atoms with E-state index in [1.165, 1.54) is 6.92 Å². The van der Waals surface area contributed by atoms with E-state index in [0.717, 1.165) is 16.8 Å². The average molecular weight is 469 g/mol. The Hall–Kier alpha value is -3.20. The molecular weight excluding hydrogens is 432 g/mol. The van der Waals surface area contributed by atoms with Gasteiger partial charge >= 0.3 is 5.97 Å². The molecule has 9 heteroatoms. The number of fused-ring (bicyclic) bond motifs is 1. The zero-order valence-corrected chi connectivity index (χ0v) is 21.1. The quantitative estimate of drug-likeness (QED) is 0.324. The highest BCUT2D eigenvalue weighted by Gasteiger charge is 2.21. The van der Waals surface area contributed by atoms with Gasteiger partial charge < -0.3 is 19.7 Å². The van der Waals surface area contributed by atoms with E-state index in [0.29, 0.717) is 29.2 Å². The molecule has 2 aromatic heterocycles. The molecule has 0 bridgehead atoms. The van der Waals surface area contributed by atoms with Crippen molar-refractivity contribution < 1.29 is 14.6 Å². The van der Waals surface area contributed by atoms with E-state index in [2.05, 4.69) is 47.8 Å². The minimum atomic E-state index is -0.371. The summed E-state index contributed by atoms with van der Waals surface area (Å²) in [4.78, 5) is 21.2. The van der Waals surface area contributed by atoms with E-state index < -0.39 is 0 Å². The molecule has 34 heavy (non-hydrogen) atoms. The van der Waals surface area contributed by atoms with Crippen LogP contribution in [0.1, 0.15) is 71.7 Å². The summed E-state index contributed by atoms with van der Waals surface area (Å²) in [6, 6.07) is 7.18. The van der Waals surface area contributed by atoms with Gasteiger partial charge in [0.05, 0.1) is 23.9 Å². The largest absolute Gasteiger partial charge is 0.426 e. The lowest BCUT2D eigenvalue weighted by Gasteiger charge is -2.19. The van der Waals surface area contributed by atoms with Gasteiger partial charge in [-0.25, -0.2) is 4.99 Å². The van der Waals surface area contributed by atoms with E-state index in [1.807, 2.05) is 32.0 Å². The van der Waals surface area contributed by atoms with Crippen LogP contribution >= 0.6 is 0 Å². The van der Waals surface area contributed by atoms with Crippen molar-refractivity contribution in [2.24, 2.45) is 10.9 Å². The molecule has 1 atom stereocenters. The number of hydrogen-bond donors (Lipinski definition) is 3. The number of benzene rings is 1. The molecule has 1 unspecified atom stereocenters. The Morgan fingerprint density at radius 3 is 2.50 bits per heavy atom. The number of aromatic amines is 1. The first-order valence-corrected chi connectivity index (χ1v) is 11.8. The van der Waals surface area contributed by atoms with E-state index in [1.54, 1.807) is 6.07 Å². The lowest BCUT2D eigenvalue weighted by Crippen LogP contribution is -2.32.